The highest BCUT2D eigenvalue weighted by Gasteiger charge is 2.22. The molecule has 0 aliphatic carbocycles. The lowest BCUT2D eigenvalue weighted by Gasteiger charge is -2.32. The molecule has 32 heavy (non-hydrogen) atoms. The first-order chi connectivity index (χ1) is 15.3. The molecule has 1 unspecified atom stereocenters. The van der Waals surface area contributed by atoms with Gasteiger partial charge in [-0.05, 0) is 62.8 Å². The molecule has 1 fully saturated rings. The van der Waals surface area contributed by atoms with Crippen LogP contribution in [0.3, 0.4) is 0 Å². The van der Waals surface area contributed by atoms with Crippen LogP contribution in [-0.4, -0.2) is 57.1 Å². The maximum Gasteiger partial charge on any atom is 0.262 e. The first kappa shape index (κ1) is 24.2. The Morgan fingerprint density at radius 2 is 2.03 bits per heavy atom. The molecule has 2 aliphatic heterocycles. The molecule has 0 radical (unpaired) electrons. The van der Waals surface area contributed by atoms with Crippen molar-refractivity contribution in [2.75, 3.05) is 31.5 Å². The van der Waals surface area contributed by atoms with Crippen molar-refractivity contribution in [1.29, 1.82) is 0 Å². The maximum atomic E-state index is 12.8. The van der Waals surface area contributed by atoms with Crippen molar-refractivity contribution in [2.45, 2.75) is 56.3 Å². The largest absolute Gasteiger partial charge is 0.370 e. The van der Waals surface area contributed by atoms with Crippen molar-refractivity contribution in [1.82, 2.24) is 9.62 Å². The van der Waals surface area contributed by atoms with Crippen LogP contribution in [0.15, 0.2) is 34.2 Å². The summed E-state index contributed by atoms with van der Waals surface area (Å²) in [5.74, 6) is 0.356. The van der Waals surface area contributed by atoms with Crippen LogP contribution in [0.1, 0.15) is 51.4 Å². The van der Waals surface area contributed by atoms with Crippen molar-refractivity contribution in [3.05, 3.63) is 24.3 Å². The minimum absolute atomic E-state index is 0.0896. The number of carbonyl (C=O) groups excluding carboxylic acids is 2. The van der Waals surface area contributed by atoms with Crippen molar-refractivity contribution >= 4 is 33.4 Å². The minimum atomic E-state index is -3.76. The number of primary amides is 1. The fourth-order valence-electron chi connectivity index (χ4n) is 4.19. The van der Waals surface area contributed by atoms with Gasteiger partial charge in [0.05, 0.1) is 11.4 Å². The van der Waals surface area contributed by atoms with Gasteiger partial charge in [0.2, 0.25) is 11.8 Å². The average molecular weight is 464 g/mol. The number of carbonyl (C=O) groups is 2. The van der Waals surface area contributed by atoms with E-state index in [1.54, 1.807) is 12.1 Å². The van der Waals surface area contributed by atoms with Gasteiger partial charge in [0, 0.05) is 31.6 Å². The molecule has 1 atom stereocenters. The number of benzene rings is 1. The lowest BCUT2D eigenvalue weighted by atomic mass is 9.93. The second kappa shape index (κ2) is 11.4. The van der Waals surface area contributed by atoms with Gasteiger partial charge in [-0.15, -0.1) is 0 Å². The van der Waals surface area contributed by atoms with Gasteiger partial charge in [-0.25, -0.2) is 8.42 Å². The minimum Gasteiger partial charge on any atom is -0.370 e. The van der Waals surface area contributed by atoms with Crippen LogP contribution >= 0.6 is 0 Å². The number of amidine groups is 1. The molecular weight excluding hydrogens is 430 g/mol. The second-order valence-corrected chi connectivity index (χ2v) is 10.3. The predicted molar refractivity (Wildman–Crippen MR) is 124 cm³/mol. The summed E-state index contributed by atoms with van der Waals surface area (Å²) in [5.41, 5.74) is 5.68. The number of hydrogen-bond donors (Lipinski definition) is 3. The third-order valence-corrected chi connectivity index (χ3v) is 7.20. The molecule has 176 valence electrons. The Balaban J connectivity index is 1.56. The van der Waals surface area contributed by atoms with Crippen LogP contribution < -0.4 is 15.8 Å². The van der Waals surface area contributed by atoms with Gasteiger partial charge in [-0.2, -0.15) is 0 Å². The summed E-state index contributed by atoms with van der Waals surface area (Å²) in [6.45, 7) is 2.43. The second-order valence-electron chi connectivity index (χ2n) is 8.57. The monoisotopic (exact) mass is 463 g/mol. The van der Waals surface area contributed by atoms with Gasteiger partial charge in [0.15, 0.2) is 0 Å². The van der Waals surface area contributed by atoms with Gasteiger partial charge in [0.25, 0.3) is 10.0 Å². The summed E-state index contributed by atoms with van der Waals surface area (Å²) in [7, 11) is -3.76. The number of amides is 2. The molecule has 1 aromatic rings. The molecule has 1 aromatic carbocycles. The van der Waals surface area contributed by atoms with E-state index < -0.39 is 10.0 Å². The van der Waals surface area contributed by atoms with Gasteiger partial charge in [-0.1, -0.05) is 12.5 Å². The van der Waals surface area contributed by atoms with Crippen LogP contribution in [0.5, 0.6) is 0 Å². The molecule has 0 spiro atoms. The summed E-state index contributed by atoms with van der Waals surface area (Å²) in [6.07, 6.45) is 6.65. The third kappa shape index (κ3) is 7.59. The quantitative estimate of drug-likeness (QED) is 0.541. The van der Waals surface area contributed by atoms with Crippen molar-refractivity contribution in [3.63, 3.8) is 0 Å². The van der Waals surface area contributed by atoms with Crippen LogP contribution in [0, 0.1) is 5.92 Å². The number of piperidine rings is 1. The van der Waals surface area contributed by atoms with Crippen molar-refractivity contribution in [3.8, 4) is 0 Å². The van der Waals surface area contributed by atoms with Crippen LogP contribution in [0.4, 0.5) is 5.69 Å². The Morgan fingerprint density at radius 1 is 1.19 bits per heavy atom. The molecule has 2 heterocycles. The smallest absolute Gasteiger partial charge is 0.262 e. The SMILES string of the molecule is NC(=O)CCC1CCCN(CC(=O)Nc2cccc(S(=O)(=O)NC3=NCCCCC3)c2)C1. The first-order valence-corrected chi connectivity index (χ1v) is 12.8. The summed E-state index contributed by atoms with van der Waals surface area (Å²) < 4.78 is 28.1. The Labute approximate surface area is 189 Å². The molecule has 0 saturated carbocycles. The van der Waals surface area contributed by atoms with E-state index in [-0.39, 0.29) is 23.3 Å². The number of nitrogens with one attached hydrogen (secondary N) is 2. The fraction of sp³-hybridized carbons (Fsp3) is 0.591. The molecule has 10 heteroatoms. The first-order valence-electron chi connectivity index (χ1n) is 11.3. The zero-order valence-electron chi connectivity index (χ0n) is 18.4. The van der Waals surface area contributed by atoms with E-state index in [1.165, 1.54) is 12.1 Å². The highest BCUT2D eigenvalue weighted by Crippen LogP contribution is 2.21. The number of anilines is 1. The third-order valence-electron chi connectivity index (χ3n) is 5.82. The Kier molecular flexibility index (Phi) is 8.63. The van der Waals surface area contributed by atoms with Crippen molar-refractivity contribution < 1.29 is 18.0 Å². The Morgan fingerprint density at radius 3 is 2.84 bits per heavy atom. The topological polar surface area (TPSA) is 134 Å². The van der Waals surface area contributed by atoms with E-state index in [4.69, 9.17) is 5.73 Å². The van der Waals surface area contributed by atoms with Crippen LogP contribution in [-0.2, 0) is 19.6 Å². The lowest BCUT2D eigenvalue weighted by molar-refractivity contribution is -0.119. The number of likely N-dealkylation sites (tertiary alicyclic amines) is 1. The zero-order chi connectivity index (χ0) is 23.0. The highest BCUT2D eigenvalue weighted by molar-refractivity contribution is 7.90. The molecule has 0 aromatic heterocycles. The maximum absolute atomic E-state index is 12.8. The summed E-state index contributed by atoms with van der Waals surface area (Å²) in [5, 5.41) is 2.80. The number of aliphatic imine (C=N–C) groups is 1. The molecule has 2 aliphatic rings. The molecule has 1 saturated heterocycles. The highest BCUT2D eigenvalue weighted by atomic mass is 32.2. The number of hydrogen-bond acceptors (Lipinski definition) is 6. The van der Waals surface area contributed by atoms with E-state index in [9.17, 15) is 18.0 Å². The Bertz CT molecular complexity index is 947. The standard InChI is InChI=1S/C22H33N5O4S/c23-20(28)11-10-17-6-5-13-27(15-17)16-22(29)25-18-7-4-8-19(14-18)32(30,31)26-21-9-2-1-3-12-24-21/h4,7-8,14,17H,1-3,5-6,9-13,15-16H2,(H2,23,28)(H,24,26)(H,25,29). The average Bonchev–Trinajstić information content (AvgIpc) is 3.01. The molecule has 3 rings (SSSR count). The zero-order valence-corrected chi connectivity index (χ0v) is 19.2. The molecule has 2 amide bonds. The molecule has 0 bridgehead atoms. The van der Waals surface area contributed by atoms with Crippen molar-refractivity contribution in [2.24, 2.45) is 16.6 Å². The van der Waals surface area contributed by atoms with E-state index >= 15 is 0 Å². The normalized spacial score (nSPS) is 20.1. The summed E-state index contributed by atoms with van der Waals surface area (Å²) >= 11 is 0. The van der Waals surface area contributed by atoms with Crippen LogP contribution in [0.2, 0.25) is 0 Å². The van der Waals surface area contributed by atoms with Crippen LogP contribution in [0.25, 0.3) is 0 Å². The Hall–Kier alpha value is -2.46. The fourth-order valence-corrected chi connectivity index (χ4v) is 5.33. The summed E-state index contributed by atoms with van der Waals surface area (Å²) in [4.78, 5) is 30.1. The van der Waals surface area contributed by atoms with Gasteiger partial charge < -0.3 is 11.1 Å². The molecular formula is C22H33N5O4S. The van der Waals surface area contributed by atoms with E-state index in [2.05, 4.69) is 19.9 Å². The summed E-state index contributed by atoms with van der Waals surface area (Å²) in [6, 6.07) is 6.25. The number of sulfonamides is 1. The van der Waals surface area contributed by atoms with Gasteiger partial charge in [0.1, 0.15) is 5.84 Å². The number of nitrogens with zero attached hydrogens (tertiary/aromatic N) is 2. The van der Waals surface area contributed by atoms with E-state index in [0.717, 1.165) is 51.6 Å². The van der Waals surface area contributed by atoms with Gasteiger partial charge >= 0.3 is 0 Å². The predicted octanol–water partition coefficient (Wildman–Crippen LogP) is 1.85. The number of rotatable bonds is 8. The van der Waals surface area contributed by atoms with E-state index in [1.807, 2.05) is 0 Å². The van der Waals surface area contributed by atoms with E-state index in [0.29, 0.717) is 36.8 Å². The van der Waals surface area contributed by atoms with Gasteiger partial charge in [-0.3, -0.25) is 24.2 Å². The molecule has 4 N–H and O–H groups in total. The lowest BCUT2D eigenvalue weighted by Crippen LogP contribution is -2.40. The molecule has 9 nitrogen and oxygen atoms in total. The number of nitrogens with two attached hydrogens (primary N) is 1.